The lowest BCUT2D eigenvalue weighted by Gasteiger charge is -2.29. The lowest BCUT2D eigenvalue weighted by atomic mass is 9.95. The number of aromatic nitrogens is 2. The number of sulfone groups is 1. The normalized spacial score (nSPS) is 14.6. The Morgan fingerprint density at radius 3 is 2.55 bits per heavy atom. The molecule has 2 aromatic carbocycles. The van der Waals surface area contributed by atoms with Crippen molar-refractivity contribution >= 4 is 33.2 Å². The number of imidazole rings is 1. The standard InChI is InChI=1S/C29H37ClN4O3S/c1-21(2)18-33(28(35)32-25-12-8-11-24(30)16-25)19-27-17-31-29(34(27)26-13-5-4-6-14-26)38(36,37)20-23-10-7-9-22(3)15-23/h7-12,15-17,21,26H,4-6,13-14,18-20H2,1-3H3,(H,32,35). The monoisotopic (exact) mass is 556 g/mol. The molecular formula is C29H37ClN4O3S. The molecule has 0 unspecified atom stereocenters. The maximum Gasteiger partial charge on any atom is 0.322 e. The van der Waals surface area contributed by atoms with Crippen LogP contribution in [0.3, 0.4) is 0 Å². The summed E-state index contributed by atoms with van der Waals surface area (Å²) in [6, 6.07) is 14.4. The van der Waals surface area contributed by atoms with E-state index >= 15 is 0 Å². The lowest BCUT2D eigenvalue weighted by Crippen LogP contribution is -2.38. The second kappa shape index (κ2) is 12.3. The van der Waals surface area contributed by atoms with Crippen molar-refractivity contribution in [1.82, 2.24) is 14.5 Å². The molecule has 1 aliphatic rings. The van der Waals surface area contributed by atoms with Gasteiger partial charge in [-0.25, -0.2) is 18.2 Å². The number of anilines is 1. The Bertz CT molecular complexity index is 1360. The van der Waals surface area contributed by atoms with Crippen LogP contribution in [0.25, 0.3) is 0 Å². The summed E-state index contributed by atoms with van der Waals surface area (Å²) in [4.78, 5) is 19.5. The van der Waals surface area contributed by atoms with E-state index in [0.29, 0.717) is 17.3 Å². The van der Waals surface area contributed by atoms with Crippen molar-refractivity contribution < 1.29 is 13.2 Å². The van der Waals surface area contributed by atoms with Gasteiger partial charge < -0.3 is 14.8 Å². The highest BCUT2D eigenvalue weighted by Crippen LogP contribution is 2.33. The molecule has 1 saturated carbocycles. The zero-order chi connectivity index (χ0) is 27.3. The molecule has 1 aromatic heterocycles. The fraction of sp³-hybridized carbons (Fsp3) is 0.448. The van der Waals surface area contributed by atoms with E-state index < -0.39 is 9.84 Å². The largest absolute Gasteiger partial charge is 0.322 e. The number of urea groups is 1. The molecular weight excluding hydrogens is 520 g/mol. The van der Waals surface area contributed by atoms with Crippen molar-refractivity contribution in [3.63, 3.8) is 0 Å². The van der Waals surface area contributed by atoms with E-state index in [2.05, 4.69) is 24.1 Å². The van der Waals surface area contributed by atoms with Gasteiger partial charge in [-0.3, -0.25) is 0 Å². The van der Waals surface area contributed by atoms with E-state index in [1.54, 1.807) is 35.4 Å². The molecule has 38 heavy (non-hydrogen) atoms. The van der Waals surface area contributed by atoms with Gasteiger partial charge in [0.15, 0.2) is 0 Å². The van der Waals surface area contributed by atoms with Crippen LogP contribution in [0.15, 0.2) is 59.9 Å². The van der Waals surface area contributed by atoms with Crippen LogP contribution in [0.4, 0.5) is 10.5 Å². The maximum absolute atomic E-state index is 13.7. The highest BCUT2D eigenvalue weighted by molar-refractivity contribution is 7.90. The Balaban J connectivity index is 1.66. The third-order valence-electron chi connectivity index (χ3n) is 6.80. The van der Waals surface area contributed by atoms with Crippen LogP contribution in [0.2, 0.25) is 5.02 Å². The van der Waals surface area contributed by atoms with E-state index in [9.17, 15) is 13.2 Å². The van der Waals surface area contributed by atoms with Crippen LogP contribution < -0.4 is 5.32 Å². The molecule has 1 heterocycles. The third-order valence-corrected chi connectivity index (χ3v) is 8.61. The van der Waals surface area contributed by atoms with Crippen molar-refractivity contribution in [3.8, 4) is 0 Å². The molecule has 3 aromatic rings. The first-order valence-corrected chi connectivity index (χ1v) is 15.3. The first-order valence-electron chi connectivity index (χ1n) is 13.3. The maximum atomic E-state index is 13.7. The Hall–Kier alpha value is -2.84. The minimum absolute atomic E-state index is 0.0421. The van der Waals surface area contributed by atoms with Gasteiger partial charge in [0.25, 0.3) is 0 Å². The van der Waals surface area contributed by atoms with Crippen molar-refractivity contribution in [1.29, 1.82) is 0 Å². The second-order valence-electron chi connectivity index (χ2n) is 10.7. The van der Waals surface area contributed by atoms with Crippen LogP contribution in [-0.4, -0.2) is 35.4 Å². The summed E-state index contributed by atoms with van der Waals surface area (Å²) in [6.45, 7) is 6.82. The average Bonchev–Trinajstić information content (AvgIpc) is 3.28. The van der Waals surface area contributed by atoms with Crippen molar-refractivity contribution in [2.24, 2.45) is 5.92 Å². The average molecular weight is 557 g/mol. The number of halogens is 1. The summed E-state index contributed by atoms with van der Waals surface area (Å²) in [5.41, 5.74) is 3.11. The van der Waals surface area contributed by atoms with Crippen molar-refractivity contribution in [2.75, 3.05) is 11.9 Å². The summed E-state index contributed by atoms with van der Waals surface area (Å²) >= 11 is 6.11. The zero-order valence-corrected chi connectivity index (χ0v) is 23.9. The van der Waals surface area contributed by atoms with Crippen LogP contribution in [0, 0.1) is 12.8 Å². The number of nitrogens with zero attached hydrogens (tertiary/aromatic N) is 3. The Morgan fingerprint density at radius 1 is 1.13 bits per heavy atom. The smallest absolute Gasteiger partial charge is 0.318 e. The predicted molar refractivity (Wildman–Crippen MR) is 152 cm³/mol. The van der Waals surface area contributed by atoms with E-state index in [4.69, 9.17) is 11.6 Å². The molecule has 7 nitrogen and oxygen atoms in total. The summed E-state index contributed by atoms with van der Waals surface area (Å²) in [6.07, 6.45) is 6.67. The number of hydrogen-bond donors (Lipinski definition) is 1. The van der Waals surface area contributed by atoms with Gasteiger partial charge in [-0.2, -0.15) is 0 Å². The number of benzene rings is 2. The van der Waals surface area contributed by atoms with Crippen LogP contribution in [-0.2, 0) is 22.1 Å². The van der Waals surface area contributed by atoms with E-state index in [0.717, 1.165) is 48.9 Å². The Kier molecular flexibility index (Phi) is 9.15. The van der Waals surface area contributed by atoms with Crippen LogP contribution in [0.1, 0.15) is 68.8 Å². The SMILES string of the molecule is Cc1cccc(CS(=O)(=O)c2ncc(CN(CC(C)C)C(=O)Nc3cccc(Cl)c3)n2C2CCCCC2)c1. The molecule has 0 radical (unpaired) electrons. The van der Waals surface area contributed by atoms with Gasteiger partial charge in [0.1, 0.15) is 0 Å². The number of aryl methyl sites for hydroxylation is 1. The molecule has 1 aliphatic carbocycles. The van der Waals surface area contributed by atoms with Crippen molar-refractivity contribution in [3.05, 3.63) is 76.6 Å². The van der Waals surface area contributed by atoms with Crippen molar-refractivity contribution in [2.45, 2.75) is 76.4 Å². The van der Waals surface area contributed by atoms with Gasteiger partial charge in [0.2, 0.25) is 15.0 Å². The first-order chi connectivity index (χ1) is 18.1. The van der Waals surface area contributed by atoms with Gasteiger partial charge >= 0.3 is 6.03 Å². The number of carbonyl (C=O) groups excluding carboxylic acids is 1. The molecule has 4 rings (SSSR count). The Labute approximate surface area is 231 Å². The molecule has 2 amide bonds. The molecule has 1 fully saturated rings. The molecule has 0 bridgehead atoms. The fourth-order valence-corrected chi connectivity index (χ4v) is 6.88. The molecule has 0 atom stereocenters. The summed E-state index contributed by atoms with van der Waals surface area (Å²) < 4.78 is 29.3. The number of carbonyl (C=O) groups is 1. The summed E-state index contributed by atoms with van der Waals surface area (Å²) in [7, 11) is -3.70. The van der Waals surface area contributed by atoms with Crippen LogP contribution in [0.5, 0.6) is 0 Å². The number of nitrogens with one attached hydrogen (secondary N) is 1. The number of hydrogen-bond acceptors (Lipinski definition) is 4. The molecule has 0 aliphatic heterocycles. The van der Waals surface area contributed by atoms with E-state index in [1.165, 1.54) is 0 Å². The summed E-state index contributed by atoms with van der Waals surface area (Å²) in [5.74, 6) is 0.110. The van der Waals surface area contributed by atoms with Gasteiger partial charge in [-0.1, -0.05) is 80.6 Å². The molecule has 1 N–H and O–H groups in total. The van der Waals surface area contributed by atoms with Gasteiger partial charge in [0.05, 0.1) is 24.2 Å². The van der Waals surface area contributed by atoms with E-state index in [1.807, 2.05) is 35.8 Å². The van der Waals surface area contributed by atoms with Gasteiger partial charge in [0, 0.05) is 23.3 Å². The van der Waals surface area contributed by atoms with Gasteiger partial charge in [-0.15, -0.1) is 0 Å². The lowest BCUT2D eigenvalue weighted by molar-refractivity contribution is 0.198. The highest BCUT2D eigenvalue weighted by atomic mass is 35.5. The topological polar surface area (TPSA) is 84.3 Å². The highest BCUT2D eigenvalue weighted by Gasteiger charge is 2.30. The van der Waals surface area contributed by atoms with Gasteiger partial charge in [-0.05, 0) is 49.4 Å². The molecule has 204 valence electrons. The van der Waals surface area contributed by atoms with Crippen LogP contribution >= 0.6 is 11.6 Å². The fourth-order valence-electron chi connectivity index (χ4n) is 5.16. The molecule has 9 heteroatoms. The zero-order valence-electron chi connectivity index (χ0n) is 22.4. The third kappa shape index (κ3) is 7.17. The minimum Gasteiger partial charge on any atom is -0.318 e. The second-order valence-corrected chi connectivity index (χ2v) is 13.0. The predicted octanol–water partition coefficient (Wildman–Crippen LogP) is 7.01. The molecule has 0 saturated heterocycles. The Morgan fingerprint density at radius 2 is 1.87 bits per heavy atom. The number of amides is 2. The quantitative estimate of drug-likeness (QED) is 0.307. The molecule has 0 spiro atoms. The first kappa shape index (κ1) is 28.2. The minimum atomic E-state index is -3.70. The number of rotatable bonds is 9. The summed E-state index contributed by atoms with van der Waals surface area (Å²) in [5, 5.41) is 3.57. The van der Waals surface area contributed by atoms with E-state index in [-0.39, 0.29) is 35.4 Å².